The maximum atomic E-state index is 14.5. The first-order valence-corrected chi connectivity index (χ1v) is 11.3. The van der Waals surface area contributed by atoms with Crippen molar-refractivity contribution in [2.24, 2.45) is 0 Å². The number of fused-ring (bicyclic) bond motifs is 1. The van der Waals surface area contributed by atoms with Gasteiger partial charge in [0.2, 0.25) is 0 Å². The highest BCUT2D eigenvalue weighted by Gasteiger charge is 2.51. The number of ether oxygens (including phenoxy) is 4. The van der Waals surface area contributed by atoms with E-state index in [0.29, 0.717) is 0 Å². The number of anilines is 1. The Morgan fingerprint density at radius 2 is 1.74 bits per heavy atom. The largest absolute Gasteiger partial charge is 0.463 e. The van der Waals surface area contributed by atoms with E-state index in [1.165, 1.54) is 31.7 Å². The van der Waals surface area contributed by atoms with Crippen LogP contribution in [-0.4, -0.2) is 80.4 Å². The number of halogens is 1. The number of esters is 3. The molecule has 0 aromatic carbocycles. The molecule has 0 spiro atoms. The van der Waals surface area contributed by atoms with Crippen LogP contribution in [0.15, 0.2) is 6.33 Å². The van der Waals surface area contributed by atoms with E-state index in [2.05, 4.69) is 20.4 Å². The normalized spacial score (nSPS) is 24.8. The summed E-state index contributed by atoms with van der Waals surface area (Å²) in [6.45, 7) is 4.88. The summed E-state index contributed by atoms with van der Waals surface area (Å²) in [5.74, 6) is -1.70. The first-order valence-electron chi connectivity index (χ1n) is 11.3. The number of hydrazine groups is 1. The summed E-state index contributed by atoms with van der Waals surface area (Å²) >= 11 is 0. The van der Waals surface area contributed by atoms with Crippen LogP contribution < -0.4 is 5.43 Å². The van der Waals surface area contributed by atoms with E-state index in [0.717, 1.165) is 32.4 Å². The van der Waals surface area contributed by atoms with E-state index < -0.39 is 48.5 Å². The van der Waals surface area contributed by atoms with Crippen molar-refractivity contribution in [3.63, 3.8) is 0 Å². The first-order chi connectivity index (χ1) is 16.7. The molecule has 0 saturated carbocycles. The zero-order valence-corrected chi connectivity index (χ0v) is 19.6. The van der Waals surface area contributed by atoms with Crippen LogP contribution in [0.2, 0.25) is 0 Å². The topological polar surface area (TPSA) is 147 Å². The molecule has 0 aliphatic carbocycles. The van der Waals surface area contributed by atoms with Crippen molar-refractivity contribution in [1.82, 2.24) is 24.5 Å². The standard InChI is InChI=1S/C21H27FN6O7/c1-11(29)32-9-14-16(33-12(2)30)17(34-13(3)31)20(35-14)28-10-23-15-18(24-21(22)25-19(15)28)26-27-7-5-4-6-8-27/h10,14,16-17,20H,4-9H2,1-3H3,(H,24,25,26)/t14-,16-,17-,20-/m1/s1. The smallest absolute Gasteiger partial charge is 0.312 e. The third-order valence-electron chi connectivity index (χ3n) is 5.63. The minimum absolute atomic E-state index is 0.0777. The second-order valence-electron chi connectivity index (χ2n) is 8.34. The molecule has 4 atom stereocenters. The lowest BCUT2D eigenvalue weighted by molar-refractivity contribution is -0.166. The summed E-state index contributed by atoms with van der Waals surface area (Å²) in [5.41, 5.74) is 3.45. The Bertz CT molecular complexity index is 1110. The molecule has 2 saturated heterocycles. The number of carbonyl (C=O) groups excluding carboxylic acids is 3. The molecule has 4 heterocycles. The Kier molecular flexibility index (Phi) is 7.40. The van der Waals surface area contributed by atoms with Crippen molar-refractivity contribution in [2.75, 3.05) is 25.1 Å². The summed E-state index contributed by atoms with van der Waals surface area (Å²) in [6, 6.07) is 0. The Morgan fingerprint density at radius 3 is 2.40 bits per heavy atom. The Morgan fingerprint density at radius 1 is 1.06 bits per heavy atom. The molecule has 14 heteroatoms. The van der Waals surface area contributed by atoms with Gasteiger partial charge >= 0.3 is 24.0 Å². The highest BCUT2D eigenvalue weighted by molar-refractivity contribution is 5.82. The van der Waals surface area contributed by atoms with Gasteiger partial charge in [0.25, 0.3) is 0 Å². The monoisotopic (exact) mass is 494 g/mol. The van der Waals surface area contributed by atoms with E-state index in [9.17, 15) is 18.8 Å². The lowest BCUT2D eigenvalue weighted by Gasteiger charge is -2.27. The minimum Gasteiger partial charge on any atom is -0.463 e. The number of rotatable bonds is 7. The van der Waals surface area contributed by atoms with E-state index in [-0.39, 0.29) is 23.6 Å². The molecule has 2 aromatic rings. The fraction of sp³-hybridized carbons (Fsp3) is 0.619. The third-order valence-corrected chi connectivity index (χ3v) is 5.63. The number of imidazole rings is 1. The van der Waals surface area contributed by atoms with Gasteiger partial charge in [-0.05, 0) is 12.8 Å². The van der Waals surface area contributed by atoms with Gasteiger partial charge in [-0.2, -0.15) is 14.4 Å². The summed E-state index contributed by atoms with van der Waals surface area (Å²) in [5, 5.41) is 1.93. The predicted octanol–water partition coefficient (Wildman–Crippen LogP) is 1.10. The third kappa shape index (κ3) is 5.65. The number of piperidine rings is 1. The summed E-state index contributed by atoms with van der Waals surface area (Å²) in [4.78, 5) is 47.1. The van der Waals surface area contributed by atoms with Crippen molar-refractivity contribution < 1.29 is 37.7 Å². The Hall–Kier alpha value is -3.39. The molecule has 1 N–H and O–H groups in total. The number of hydrogen-bond donors (Lipinski definition) is 1. The lowest BCUT2D eigenvalue weighted by Crippen LogP contribution is -2.40. The zero-order valence-electron chi connectivity index (χ0n) is 19.6. The number of aromatic nitrogens is 4. The molecule has 190 valence electrons. The molecule has 2 fully saturated rings. The number of carbonyl (C=O) groups is 3. The predicted molar refractivity (Wildman–Crippen MR) is 116 cm³/mol. The molecule has 2 aromatic heterocycles. The van der Waals surface area contributed by atoms with Crippen molar-refractivity contribution in [2.45, 2.75) is 64.6 Å². The van der Waals surface area contributed by atoms with Gasteiger partial charge in [-0.25, -0.2) is 9.99 Å². The molecule has 13 nitrogen and oxygen atoms in total. The van der Waals surface area contributed by atoms with Crippen LogP contribution in [0.5, 0.6) is 0 Å². The van der Waals surface area contributed by atoms with Crippen molar-refractivity contribution >= 4 is 34.9 Å². The highest BCUT2D eigenvalue weighted by atomic mass is 19.1. The number of nitrogens with zero attached hydrogens (tertiary/aromatic N) is 5. The average molecular weight is 494 g/mol. The molecule has 0 amide bonds. The molecule has 0 radical (unpaired) electrons. The van der Waals surface area contributed by atoms with E-state index in [1.807, 2.05) is 5.01 Å². The summed E-state index contributed by atoms with van der Waals surface area (Å²) < 4.78 is 37.7. The van der Waals surface area contributed by atoms with Crippen LogP contribution in [-0.2, 0) is 33.3 Å². The van der Waals surface area contributed by atoms with Gasteiger partial charge in [-0.3, -0.25) is 19.0 Å². The molecular formula is C21H27FN6O7. The maximum absolute atomic E-state index is 14.5. The second-order valence-corrected chi connectivity index (χ2v) is 8.34. The highest BCUT2D eigenvalue weighted by Crippen LogP contribution is 2.36. The average Bonchev–Trinajstić information content (AvgIpc) is 3.34. The second kappa shape index (κ2) is 10.5. The minimum atomic E-state index is -1.15. The Labute approximate surface area is 199 Å². The van der Waals surface area contributed by atoms with Crippen LogP contribution in [0.4, 0.5) is 10.2 Å². The van der Waals surface area contributed by atoms with Crippen LogP contribution in [0.1, 0.15) is 46.3 Å². The zero-order chi connectivity index (χ0) is 25.1. The fourth-order valence-corrected chi connectivity index (χ4v) is 4.23. The van der Waals surface area contributed by atoms with Gasteiger partial charge in [-0.1, -0.05) is 6.42 Å². The Balaban J connectivity index is 1.70. The maximum Gasteiger partial charge on any atom is 0.312 e. The van der Waals surface area contributed by atoms with Gasteiger partial charge in [0.15, 0.2) is 35.4 Å². The molecule has 4 rings (SSSR count). The fourth-order valence-electron chi connectivity index (χ4n) is 4.23. The molecule has 0 bridgehead atoms. The van der Waals surface area contributed by atoms with Crippen LogP contribution in [0.3, 0.4) is 0 Å². The van der Waals surface area contributed by atoms with Crippen molar-refractivity contribution in [1.29, 1.82) is 0 Å². The molecule has 35 heavy (non-hydrogen) atoms. The van der Waals surface area contributed by atoms with Gasteiger partial charge in [0.1, 0.15) is 12.7 Å². The lowest BCUT2D eigenvalue weighted by atomic mass is 10.1. The van der Waals surface area contributed by atoms with E-state index in [4.69, 9.17) is 18.9 Å². The quantitative estimate of drug-likeness (QED) is 0.334. The van der Waals surface area contributed by atoms with Gasteiger partial charge < -0.3 is 24.4 Å². The number of nitrogens with one attached hydrogen (secondary N) is 1. The molecular weight excluding hydrogens is 467 g/mol. The van der Waals surface area contributed by atoms with Crippen molar-refractivity contribution in [3.05, 3.63) is 12.4 Å². The SMILES string of the molecule is CC(=O)OC[C@H]1O[C@@H](n2cnc3c(NN4CCCCC4)nc(F)nc32)[C@H](OC(C)=O)[C@@H]1OC(C)=O. The van der Waals surface area contributed by atoms with Gasteiger partial charge in [-0.15, -0.1) is 0 Å². The van der Waals surface area contributed by atoms with Crippen molar-refractivity contribution in [3.8, 4) is 0 Å². The summed E-state index contributed by atoms with van der Waals surface area (Å²) in [7, 11) is 0. The molecule has 0 unspecified atom stereocenters. The first kappa shape index (κ1) is 24.7. The molecule has 2 aliphatic rings. The van der Waals surface area contributed by atoms with Gasteiger partial charge in [0, 0.05) is 33.9 Å². The summed E-state index contributed by atoms with van der Waals surface area (Å²) in [6.07, 6.45) is -0.845. The molecule has 2 aliphatic heterocycles. The van der Waals surface area contributed by atoms with Gasteiger partial charge in [0.05, 0.1) is 6.33 Å². The van der Waals surface area contributed by atoms with Crippen LogP contribution in [0.25, 0.3) is 11.2 Å². The number of hydrogen-bond acceptors (Lipinski definition) is 12. The van der Waals surface area contributed by atoms with E-state index in [1.54, 1.807) is 0 Å². The van der Waals surface area contributed by atoms with Crippen LogP contribution >= 0.6 is 0 Å². The van der Waals surface area contributed by atoms with E-state index >= 15 is 0 Å². The van der Waals surface area contributed by atoms with Crippen LogP contribution in [0, 0.1) is 6.08 Å².